The smallest absolute Gasteiger partial charge is 0.214 e. The maximum atomic E-state index is 12.6. The van der Waals surface area contributed by atoms with E-state index in [4.69, 9.17) is 5.73 Å². The van der Waals surface area contributed by atoms with Crippen LogP contribution in [-0.2, 0) is 10.0 Å². The summed E-state index contributed by atoms with van der Waals surface area (Å²) < 4.78 is 26.9. The molecule has 0 saturated heterocycles. The van der Waals surface area contributed by atoms with Crippen LogP contribution in [0.3, 0.4) is 0 Å². The molecule has 5 heteroatoms. The Morgan fingerprint density at radius 2 is 1.95 bits per heavy atom. The fraction of sp³-hybridized carbons (Fsp3) is 0.625. The quantitative estimate of drug-likeness (QED) is 0.876. The highest BCUT2D eigenvalue weighted by Gasteiger charge is 2.35. The van der Waals surface area contributed by atoms with E-state index in [-0.39, 0.29) is 17.7 Å². The van der Waals surface area contributed by atoms with Crippen LogP contribution in [0.25, 0.3) is 0 Å². The first-order chi connectivity index (χ1) is 9.95. The molecule has 1 fully saturated rings. The van der Waals surface area contributed by atoms with Gasteiger partial charge in [0.05, 0.1) is 5.75 Å². The Bertz CT molecular complexity index is 545. The first-order valence-electron chi connectivity index (χ1n) is 7.66. The number of hydrogen-bond donors (Lipinski definition) is 1. The lowest BCUT2D eigenvalue weighted by Crippen LogP contribution is -2.43. The van der Waals surface area contributed by atoms with Gasteiger partial charge in [0.2, 0.25) is 10.0 Å². The molecule has 1 aromatic carbocycles. The zero-order chi connectivity index (χ0) is 15.5. The second-order valence-corrected chi connectivity index (χ2v) is 8.17. The summed E-state index contributed by atoms with van der Waals surface area (Å²) >= 11 is 0. The van der Waals surface area contributed by atoms with Crippen LogP contribution in [0.5, 0.6) is 0 Å². The fourth-order valence-electron chi connectivity index (χ4n) is 3.29. The maximum Gasteiger partial charge on any atom is 0.214 e. The SMILES string of the molecule is CC(CS(=O)(=O)N(C)C1CCCC1CN)c1ccccc1. The predicted molar refractivity (Wildman–Crippen MR) is 86.6 cm³/mol. The minimum atomic E-state index is -3.26. The van der Waals surface area contributed by atoms with E-state index in [1.807, 2.05) is 37.3 Å². The Hall–Kier alpha value is -0.910. The molecule has 0 spiro atoms. The van der Waals surface area contributed by atoms with Gasteiger partial charge in [-0.1, -0.05) is 43.7 Å². The van der Waals surface area contributed by atoms with Crippen molar-refractivity contribution in [3.8, 4) is 0 Å². The molecule has 3 unspecified atom stereocenters. The van der Waals surface area contributed by atoms with Crippen LogP contribution in [0.4, 0.5) is 0 Å². The van der Waals surface area contributed by atoms with Gasteiger partial charge in [0.15, 0.2) is 0 Å². The van der Waals surface area contributed by atoms with Crippen LogP contribution in [-0.4, -0.2) is 38.1 Å². The van der Waals surface area contributed by atoms with Gasteiger partial charge in [-0.05, 0) is 36.8 Å². The van der Waals surface area contributed by atoms with E-state index in [1.54, 1.807) is 11.4 Å². The van der Waals surface area contributed by atoms with Gasteiger partial charge < -0.3 is 5.73 Å². The van der Waals surface area contributed by atoms with E-state index >= 15 is 0 Å². The maximum absolute atomic E-state index is 12.6. The predicted octanol–water partition coefficient (Wildman–Crippen LogP) is 2.18. The third-order valence-electron chi connectivity index (χ3n) is 4.66. The van der Waals surface area contributed by atoms with Gasteiger partial charge in [-0.15, -0.1) is 0 Å². The van der Waals surface area contributed by atoms with Gasteiger partial charge in [-0.3, -0.25) is 0 Å². The number of sulfonamides is 1. The average Bonchev–Trinajstić information content (AvgIpc) is 2.95. The zero-order valence-corrected chi connectivity index (χ0v) is 13.7. The number of benzene rings is 1. The van der Waals surface area contributed by atoms with E-state index in [0.717, 1.165) is 24.8 Å². The van der Waals surface area contributed by atoms with Crippen molar-refractivity contribution in [2.24, 2.45) is 11.7 Å². The molecule has 3 atom stereocenters. The minimum Gasteiger partial charge on any atom is -0.330 e. The largest absolute Gasteiger partial charge is 0.330 e. The molecular weight excluding hydrogens is 284 g/mol. The van der Waals surface area contributed by atoms with E-state index < -0.39 is 10.0 Å². The second-order valence-electron chi connectivity index (χ2n) is 6.10. The van der Waals surface area contributed by atoms with E-state index in [0.29, 0.717) is 12.5 Å². The van der Waals surface area contributed by atoms with Crippen molar-refractivity contribution in [2.45, 2.75) is 38.1 Å². The van der Waals surface area contributed by atoms with E-state index in [1.165, 1.54) is 0 Å². The van der Waals surface area contributed by atoms with Crippen LogP contribution >= 0.6 is 0 Å². The summed E-state index contributed by atoms with van der Waals surface area (Å²) in [6.07, 6.45) is 3.03. The molecule has 0 radical (unpaired) electrons. The van der Waals surface area contributed by atoms with Crippen molar-refractivity contribution < 1.29 is 8.42 Å². The summed E-state index contributed by atoms with van der Waals surface area (Å²) in [4.78, 5) is 0. The van der Waals surface area contributed by atoms with E-state index in [2.05, 4.69) is 0 Å². The molecule has 1 saturated carbocycles. The average molecular weight is 310 g/mol. The Morgan fingerprint density at radius 1 is 1.29 bits per heavy atom. The molecule has 21 heavy (non-hydrogen) atoms. The highest BCUT2D eigenvalue weighted by Crippen LogP contribution is 2.31. The summed E-state index contributed by atoms with van der Waals surface area (Å²) in [5, 5.41) is 0. The summed E-state index contributed by atoms with van der Waals surface area (Å²) in [5.41, 5.74) is 6.84. The lowest BCUT2D eigenvalue weighted by molar-refractivity contribution is 0.303. The first kappa shape index (κ1) is 16.5. The molecule has 0 aromatic heterocycles. The summed E-state index contributed by atoms with van der Waals surface area (Å²) in [7, 11) is -1.54. The molecule has 2 rings (SSSR count). The standard InChI is InChI=1S/C16H26N2O2S/c1-13(14-7-4-3-5-8-14)12-21(19,20)18(2)16-10-6-9-15(16)11-17/h3-5,7-8,13,15-16H,6,9-12,17H2,1-2H3. The molecule has 118 valence electrons. The van der Waals surface area contributed by atoms with Gasteiger partial charge in [0.25, 0.3) is 0 Å². The number of nitrogens with two attached hydrogens (primary N) is 1. The molecule has 0 amide bonds. The first-order valence-corrected chi connectivity index (χ1v) is 9.27. The Labute approximate surface area is 128 Å². The summed E-state index contributed by atoms with van der Waals surface area (Å²) in [6, 6.07) is 9.88. The minimum absolute atomic E-state index is 0.00335. The summed E-state index contributed by atoms with van der Waals surface area (Å²) in [6.45, 7) is 2.54. The third kappa shape index (κ3) is 3.84. The molecule has 4 nitrogen and oxygen atoms in total. The molecule has 0 aliphatic heterocycles. The van der Waals surface area contributed by atoms with Gasteiger partial charge in [-0.2, -0.15) is 0 Å². The second kappa shape index (κ2) is 6.90. The molecule has 1 aromatic rings. The Balaban J connectivity index is 2.07. The van der Waals surface area contributed by atoms with Crippen LogP contribution < -0.4 is 5.73 Å². The van der Waals surface area contributed by atoms with Crippen molar-refractivity contribution in [1.82, 2.24) is 4.31 Å². The van der Waals surface area contributed by atoms with Crippen LogP contribution in [0.1, 0.15) is 37.7 Å². The normalized spacial score (nSPS) is 24.4. The summed E-state index contributed by atoms with van der Waals surface area (Å²) in [5.74, 6) is 0.453. The molecule has 1 aliphatic rings. The Morgan fingerprint density at radius 3 is 2.57 bits per heavy atom. The van der Waals surface area contributed by atoms with Crippen molar-refractivity contribution in [3.05, 3.63) is 35.9 Å². The monoisotopic (exact) mass is 310 g/mol. The van der Waals surface area contributed by atoms with Gasteiger partial charge in [-0.25, -0.2) is 12.7 Å². The van der Waals surface area contributed by atoms with Crippen LogP contribution in [0, 0.1) is 5.92 Å². The third-order valence-corrected chi connectivity index (χ3v) is 6.73. The molecular formula is C16H26N2O2S. The van der Waals surface area contributed by atoms with Crippen molar-refractivity contribution in [3.63, 3.8) is 0 Å². The lowest BCUT2D eigenvalue weighted by atomic mass is 10.0. The Kier molecular flexibility index (Phi) is 5.41. The zero-order valence-electron chi connectivity index (χ0n) is 12.9. The van der Waals surface area contributed by atoms with Gasteiger partial charge >= 0.3 is 0 Å². The highest BCUT2D eigenvalue weighted by molar-refractivity contribution is 7.89. The van der Waals surface area contributed by atoms with Crippen molar-refractivity contribution >= 4 is 10.0 Å². The van der Waals surface area contributed by atoms with E-state index in [9.17, 15) is 8.42 Å². The molecule has 0 heterocycles. The number of hydrogen-bond acceptors (Lipinski definition) is 3. The van der Waals surface area contributed by atoms with Crippen molar-refractivity contribution in [2.75, 3.05) is 19.3 Å². The highest BCUT2D eigenvalue weighted by atomic mass is 32.2. The molecule has 0 bridgehead atoms. The van der Waals surface area contributed by atoms with Gasteiger partial charge in [0.1, 0.15) is 0 Å². The molecule has 1 aliphatic carbocycles. The topological polar surface area (TPSA) is 63.4 Å². The fourth-order valence-corrected chi connectivity index (χ4v) is 5.04. The van der Waals surface area contributed by atoms with Gasteiger partial charge in [0, 0.05) is 13.1 Å². The number of nitrogens with zero attached hydrogens (tertiary/aromatic N) is 1. The van der Waals surface area contributed by atoms with Crippen LogP contribution in [0.2, 0.25) is 0 Å². The van der Waals surface area contributed by atoms with Crippen LogP contribution in [0.15, 0.2) is 30.3 Å². The van der Waals surface area contributed by atoms with Crippen molar-refractivity contribution in [1.29, 1.82) is 0 Å². The molecule has 2 N–H and O–H groups in total. The number of rotatable bonds is 6. The lowest BCUT2D eigenvalue weighted by Gasteiger charge is -2.29.